The smallest absolute Gasteiger partial charge is 0.405 e. The van der Waals surface area contributed by atoms with Gasteiger partial charge in [-0.15, -0.1) is 0 Å². The van der Waals surface area contributed by atoms with Crippen LogP contribution in [0, 0.1) is 0 Å². The van der Waals surface area contributed by atoms with Crippen LogP contribution in [0.15, 0.2) is 86.2 Å². The largest absolute Gasteiger partial charge is 0.494 e. The van der Waals surface area contributed by atoms with Crippen molar-refractivity contribution in [2.75, 3.05) is 39.6 Å². The zero-order chi connectivity index (χ0) is 51.1. The zero-order valence-electron chi connectivity index (χ0n) is 42.8. The summed E-state index contributed by atoms with van der Waals surface area (Å²) in [5.74, 6) is 0.339. The number of carbonyl (C=O) groups excluding carboxylic acids is 1. The molecular weight excluding hydrogens is 1080 g/mol. The first kappa shape index (κ1) is 58.4. The van der Waals surface area contributed by atoms with Gasteiger partial charge in [0.05, 0.1) is 58.0 Å². The molecule has 0 saturated carbocycles. The zero-order valence-corrected chi connectivity index (χ0v) is 47.5. The lowest BCUT2D eigenvalue weighted by Crippen LogP contribution is -2.41. The van der Waals surface area contributed by atoms with Gasteiger partial charge in [0.25, 0.3) is 0 Å². The third kappa shape index (κ3) is 15.5. The Morgan fingerprint density at radius 1 is 0.406 bits per heavy atom. The van der Waals surface area contributed by atoms with Gasteiger partial charge in [-0.2, -0.15) is 0 Å². The van der Waals surface area contributed by atoms with Crippen molar-refractivity contribution in [1.82, 2.24) is 0 Å². The molecule has 12 nitrogen and oxygen atoms in total. The molecule has 6 heterocycles. The maximum Gasteiger partial charge on any atom is 0.494 e. The lowest BCUT2D eigenvalue weighted by atomic mass is 9.49. The van der Waals surface area contributed by atoms with E-state index in [1.54, 1.807) is 0 Å². The number of ether oxygens (including phenoxy) is 3. The number of ketones is 1. The van der Waals surface area contributed by atoms with Gasteiger partial charge in [0.2, 0.25) is 0 Å². The van der Waals surface area contributed by atoms with Gasteiger partial charge < -0.3 is 52.3 Å². The van der Waals surface area contributed by atoms with E-state index in [0.29, 0.717) is 83.9 Å². The molecule has 6 fully saturated rings. The summed E-state index contributed by atoms with van der Waals surface area (Å²) in [4.78, 5) is 10.4. The van der Waals surface area contributed by atoms with Crippen molar-refractivity contribution in [3.63, 3.8) is 0 Å². The van der Waals surface area contributed by atoms with Gasteiger partial charge in [-0.25, -0.2) is 0 Å². The Morgan fingerprint density at radius 2 is 0.667 bits per heavy atom. The van der Waals surface area contributed by atoms with Crippen molar-refractivity contribution in [2.45, 2.75) is 166 Å². The van der Waals surface area contributed by atoms with E-state index in [9.17, 15) is 15.0 Å². The number of halogens is 3. The highest BCUT2D eigenvalue weighted by Gasteiger charge is 2.63. The summed E-state index contributed by atoms with van der Waals surface area (Å²) in [7, 11) is -1.31. The van der Waals surface area contributed by atoms with E-state index in [1.165, 1.54) is 0 Å². The molecule has 0 amide bonds. The standard InChI is InChI=1S/C17H25BO4.C12H24B2O4.C11H13BrO2.C6H4Br2.C5H8O2/c1-15(2)16(3,4)22-18(21-15)14-7-5-13(6-8-14)17(19)9-11-20-12-10-17;1-9(2)10(3,4)16-13(15-9)14-17-11(5,6)12(7,8)18-14;12-10-3-1-9(2-4-10)11(13)5-7-14-8-6-11;7-5-1-2-6(8)4-3-5;6-5-1-3-7-4-2-5/h5-8,19H,9-12H2,1-4H3;1-8H3;1-4,13H,5-8H2;1-4H;1-4H2. The van der Waals surface area contributed by atoms with Crippen LogP contribution in [-0.2, 0) is 58.1 Å². The van der Waals surface area contributed by atoms with Gasteiger partial charge in [0.1, 0.15) is 5.78 Å². The number of Topliss-reactive ketones (excluding diaryl/α,β-unsaturated/α-hetero) is 1. The molecule has 0 radical (unpaired) electrons. The number of hydrogen-bond acceptors (Lipinski definition) is 12. The van der Waals surface area contributed by atoms with Crippen LogP contribution in [0.3, 0.4) is 0 Å². The van der Waals surface area contributed by atoms with Crippen molar-refractivity contribution >= 4 is 80.2 Å². The fourth-order valence-corrected chi connectivity index (χ4v) is 8.51. The van der Waals surface area contributed by atoms with Crippen LogP contribution < -0.4 is 5.46 Å². The highest BCUT2D eigenvalue weighted by molar-refractivity contribution is 9.11. The fraction of sp³-hybridized carbons (Fsp3) is 0.627. The molecule has 18 heteroatoms. The Bertz CT molecular complexity index is 1980. The molecule has 2 N–H and O–H groups in total. The average molecular weight is 1150 g/mol. The van der Waals surface area contributed by atoms with Crippen molar-refractivity contribution in [2.24, 2.45) is 0 Å². The van der Waals surface area contributed by atoms with Crippen LogP contribution in [0.25, 0.3) is 0 Å². The molecule has 6 aliphatic heterocycles. The highest BCUT2D eigenvalue weighted by atomic mass is 79.9. The number of benzene rings is 3. The fourth-order valence-electron chi connectivity index (χ4n) is 7.71. The summed E-state index contributed by atoms with van der Waals surface area (Å²) in [5, 5.41) is 21.1. The number of hydrogen-bond donors (Lipinski definition) is 2. The lowest BCUT2D eigenvalue weighted by molar-refractivity contribution is -0.124. The predicted molar refractivity (Wildman–Crippen MR) is 283 cm³/mol. The van der Waals surface area contributed by atoms with Crippen molar-refractivity contribution in [3.8, 4) is 0 Å². The topological polar surface area (TPSA) is 141 Å². The molecule has 0 atom stereocenters. The molecule has 0 bridgehead atoms. The van der Waals surface area contributed by atoms with Crippen LogP contribution in [0.4, 0.5) is 0 Å². The third-order valence-corrected chi connectivity index (χ3v) is 16.2. The van der Waals surface area contributed by atoms with Crippen molar-refractivity contribution in [3.05, 3.63) is 97.3 Å². The van der Waals surface area contributed by atoms with E-state index >= 15 is 0 Å². The molecule has 3 aromatic carbocycles. The molecule has 9 rings (SSSR count). The Kier molecular flexibility index (Phi) is 20.2. The Balaban J connectivity index is 0.000000170. The van der Waals surface area contributed by atoms with E-state index in [2.05, 4.69) is 47.8 Å². The SMILES string of the molecule is Brc1ccc(Br)cc1.CC1(C)OB(B2OC(C)(C)C(C)(C)O2)OC1(C)C.CC1(C)OB(c2ccc(C3(O)CCOCC3)cc2)OC1(C)C.O=C1CCOCC1.OC1(c2ccc(Br)cc2)CCOCC1. The number of rotatable bonds is 4. The van der Waals surface area contributed by atoms with Gasteiger partial charge >= 0.3 is 21.1 Å². The second-order valence-corrected chi connectivity index (χ2v) is 24.1. The predicted octanol–water partition coefficient (Wildman–Crippen LogP) is 10.3. The molecule has 6 saturated heterocycles. The van der Waals surface area contributed by atoms with Gasteiger partial charge in [-0.3, -0.25) is 4.79 Å². The van der Waals surface area contributed by atoms with Crippen LogP contribution in [0.2, 0.25) is 0 Å². The number of carbonyl (C=O) groups is 1. The molecule has 0 spiro atoms. The minimum absolute atomic E-state index is 0.338. The van der Waals surface area contributed by atoms with Gasteiger partial charge in [0, 0.05) is 78.4 Å². The molecule has 0 aliphatic carbocycles. The Hall–Kier alpha value is -1.48. The van der Waals surface area contributed by atoms with Crippen LogP contribution in [-0.4, -0.2) is 110 Å². The molecule has 380 valence electrons. The first-order valence-electron chi connectivity index (χ1n) is 24.0. The summed E-state index contributed by atoms with van der Waals surface area (Å²) in [6, 6.07) is 23.8. The first-order valence-corrected chi connectivity index (χ1v) is 26.4. The molecule has 69 heavy (non-hydrogen) atoms. The molecule has 0 unspecified atom stereocenters. The van der Waals surface area contributed by atoms with Gasteiger partial charge in [0.15, 0.2) is 0 Å². The molecule has 3 aromatic rings. The number of aliphatic hydroxyl groups is 2. The van der Waals surface area contributed by atoms with E-state index in [-0.39, 0.29) is 40.7 Å². The average Bonchev–Trinajstić information content (AvgIpc) is 3.76. The normalized spacial score (nSPS) is 24.2. The summed E-state index contributed by atoms with van der Waals surface area (Å²) in [6.07, 6.45) is 3.91. The molecular formula is C51H74B3Br3O12. The van der Waals surface area contributed by atoms with E-state index in [1.807, 2.05) is 156 Å². The lowest BCUT2D eigenvalue weighted by Gasteiger charge is -2.32. The van der Waals surface area contributed by atoms with Crippen LogP contribution >= 0.6 is 47.8 Å². The van der Waals surface area contributed by atoms with Crippen LogP contribution in [0.1, 0.15) is 133 Å². The summed E-state index contributed by atoms with van der Waals surface area (Å²) >= 11 is 10.0. The van der Waals surface area contributed by atoms with E-state index in [0.717, 1.165) is 30.0 Å². The minimum atomic E-state index is -0.771. The maximum atomic E-state index is 10.7. The summed E-state index contributed by atoms with van der Waals surface area (Å²) in [6.45, 7) is 28.2. The Labute approximate surface area is 438 Å². The quantitative estimate of drug-likeness (QED) is 0.240. The van der Waals surface area contributed by atoms with Crippen LogP contribution in [0.5, 0.6) is 0 Å². The second kappa shape index (κ2) is 23.8. The first-order chi connectivity index (χ1) is 32.0. The summed E-state index contributed by atoms with van der Waals surface area (Å²) in [5.41, 5.74) is -0.653. The van der Waals surface area contributed by atoms with E-state index in [4.69, 9.17) is 42.1 Å². The highest BCUT2D eigenvalue weighted by Crippen LogP contribution is 2.43. The van der Waals surface area contributed by atoms with E-state index < -0.39 is 25.2 Å². The third-order valence-electron chi connectivity index (χ3n) is 14.6. The maximum absolute atomic E-state index is 10.7. The Morgan fingerprint density at radius 3 is 0.957 bits per heavy atom. The van der Waals surface area contributed by atoms with Crippen molar-refractivity contribution < 1.29 is 57.1 Å². The van der Waals surface area contributed by atoms with Gasteiger partial charge in [-0.05, 0) is 136 Å². The minimum Gasteiger partial charge on any atom is -0.405 e. The summed E-state index contributed by atoms with van der Waals surface area (Å²) < 4.78 is 54.7. The monoisotopic (exact) mass is 1150 g/mol. The van der Waals surface area contributed by atoms with Crippen molar-refractivity contribution in [1.29, 1.82) is 0 Å². The second-order valence-electron chi connectivity index (χ2n) is 21.3. The molecule has 0 aromatic heterocycles. The van der Waals surface area contributed by atoms with Gasteiger partial charge in [-0.1, -0.05) is 84.2 Å². The molecule has 6 aliphatic rings.